The van der Waals surface area contributed by atoms with Gasteiger partial charge in [-0.1, -0.05) is 37.3 Å². The van der Waals surface area contributed by atoms with Gasteiger partial charge in [-0.25, -0.2) is 4.79 Å². The Morgan fingerprint density at radius 3 is 2.65 bits per heavy atom. The first-order valence-corrected chi connectivity index (χ1v) is 8.50. The van der Waals surface area contributed by atoms with E-state index in [2.05, 4.69) is 36.5 Å². The second kappa shape index (κ2) is 7.35. The third-order valence-electron chi connectivity index (χ3n) is 4.16. The minimum atomic E-state index is -0.434. The Labute approximate surface area is 140 Å². The van der Waals surface area contributed by atoms with E-state index in [0.29, 0.717) is 0 Å². The van der Waals surface area contributed by atoms with E-state index in [4.69, 9.17) is 4.74 Å². The first-order chi connectivity index (χ1) is 10.8. The number of likely N-dealkylation sites (tertiary alicyclic amines) is 1. The highest BCUT2D eigenvalue weighted by Gasteiger charge is 2.34. The second-order valence-corrected chi connectivity index (χ2v) is 7.91. The molecular weight excluding hydrogens is 288 g/mol. The van der Waals surface area contributed by atoms with Gasteiger partial charge in [0.25, 0.3) is 0 Å². The van der Waals surface area contributed by atoms with Crippen molar-refractivity contribution in [2.45, 2.75) is 52.7 Å². The highest BCUT2D eigenvalue weighted by atomic mass is 16.6. The lowest BCUT2D eigenvalue weighted by Crippen LogP contribution is -2.50. The van der Waals surface area contributed by atoms with Gasteiger partial charge in [0.1, 0.15) is 5.60 Å². The monoisotopic (exact) mass is 318 g/mol. The van der Waals surface area contributed by atoms with Crippen molar-refractivity contribution in [3.05, 3.63) is 35.9 Å². The van der Waals surface area contributed by atoms with E-state index in [1.54, 1.807) is 0 Å². The maximum atomic E-state index is 12.3. The molecule has 1 aliphatic rings. The van der Waals surface area contributed by atoms with E-state index in [-0.39, 0.29) is 11.5 Å². The van der Waals surface area contributed by atoms with Crippen molar-refractivity contribution >= 4 is 6.09 Å². The average molecular weight is 318 g/mol. The largest absolute Gasteiger partial charge is 0.444 e. The Morgan fingerprint density at radius 1 is 1.30 bits per heavy atom. The molecule has 23 heavy (non-hydrogen) atoms. The number of hydrogen-bond donors (Lipinski definition) is 1. The van der Waals surface area contributed by atoms with Gasteiger partial charge in [0.15, 0.2) is 0 Å². The number of nitrogens with zero attached hydrogens (tertiary/aromatic N) is 1. The van der Waals surface area contributed by atoms with Crippen LogP contribution in [-0.4, -0.2) is 36.2 Å². The summed E-state index contributed by atoms with van der Waals surface area (Å²) < 4.78 is 5.51. The summed E-state index contributed by atoms with van der Waals surface area (Å²) in [6, 6.07) is 10.4. The van der Waals surface area contributed by atoms with Crippen molar-refractivity contribution < 1.29 is 9.53 Å². The van der Waals surface area contributed by atoms with E-state index in [1.165, 1.54) is 5.56 Å². The van der Waals surface area contributed by atoms with Gasteiger partial charge < -0.3 is 15.0 Å². The Balaban J connectivity index is 1.84. The molecule has 1 N–H and O–H groups in total. The van der Waals surface area contributed by atoms with E-state index in [1.807, 2.05) is 31.7 Å². The Hall–Kier alpha value is -1.55. The van der Waals surface area contributed by atoms with Gasteiger partial charge in [0.2, 0.25) is 0 Å². The van der Waals surface area contributed by atoms with Gasteiger partial charge in [-0.3, -0.25) is 0 Å². The highest BCUT2D eigenvalue weighted by Crippen LogP contribution is 2.29. The van der Waals surface area contributed by atoms with Gasteiger partial charge in [-0.15, -0.1) is 0 Å². The van der Waals surface area contributed by atoms with Crippen LogP contribution in [0.4, 0.5) is 4.79 Å². The van der Waals surface area contributed by atoms with E-state index >= 15 is 0 Å². The lowest BCUT2D eigenvalue weighted by molar-refractivity contribution is 0.00675. The fourth-order valence-electron chi connectivity index (χ4n) is 3.05. The molecule has 0 bridgehead atoms. The first-order valence-electron chi connectivity index (χ1n) is 8.50. The van der Waals surface area contributed by atoms with Crippen LogP contribution in [0.5, 0.6) is 0 Å². The zero-order valence-corrected chi connectivity index (χ0v) is 14.9. The zero-order valence-electron chi connectivity index (χ0n) is 14.9. The van der Waals surface area contributed by atoms with Crippen LogP contribution in [-0.2, 0) is 11.3 Å². The number of benzene rings is 1. The van der Waals surface area contributed by atoms with Crippen LogP contribution in [0.15, 0.2) is 30.3 Å². The number of carbonyl (C=O) groups is 1. The predicted molar refractivity (Wildman–Crippen MR) is 93.3 cm³/mol. The smallest absolute Gasteiger partial charge is 0.410 e. The van der Waals surface area contributed by atoms with E-state index < -0.39 is 5.60 Å². The van der Waals surface area contributed by atoms with Gasteiger partial charge in [0.05, 0.1) is 0 Å². The number of carbonyl (C=O) groups excluding carboxylic acids is 1. The predicted octanol–water partition coefficient (Wildman–Crippen LogP) is 3.81. The molecule has 0 aliphatic carbocycles. The molecule has 128 valence electrons. The minimum absolute atomic E-state index is 0.101. The van der Waals surface area contributed by atoms with Gasteiger partial charge in [-0.05, 0) is 44.6 Å². The summed E-state index contributed by atoms with van der Waals surface area (Å²) in [6.45, 7) is 11.3. The summed E-state index contributed by atoms with van der Waals surface area (Å²) >= 11 is 0. The van der Waals surface area contributed by atoms with Gasteiger partial charge >= 0.3 is 6.09 Å². The van der Waals surface area contributed by atoms with Crippen molar-refractivity contribution in [1.29, 1.82) is 0 Å². The van der Waals surface area contributed by atoms with Crippen LogP contribution in [0.2, 0.25) is 0 Å². The molecule has 0 radical (unpaired) electrons. The fourth-order valence-corrected chi connectivity index (χ4v) is 3.05. The fraction of sp³-hybridized carbons (Fsp3) is 0.632. The standard InChI is InChI=1S/C19H30N2O2/c1-18(2,3)23-17(22)21-12-8-11-19(4,15-21)14-20-13-16-9-6-5-7-10-16/h5-7,9-10,20H,8,11-15H2,1-4H3. The molecule has 0 spiro atoms. The number of nitrogens with one attached hydrogen (secondary N) is 1. The summed E-state index contributed by atoms with van der Waals surface area (Å²) in [6.07, 6.45) is 1.98. The summed E-state index contributed by atoms with van der Waals surface area (Å²) in [5, 5.41) is 3.54. The third kappa shape index (κ3) is 5.87. The highest BCUT2D eigenvalue weighted by molar-refractivity contribution is 5.68. The molecule has 4 nitrogen and oxygen atoms in total. The molecular formula is C19H30N2O2. The third-order valence-corrected chi connectivity index (χ3v) is 4.16. The second-order valence-electron chi connectivity index (χ2n) is 7.91. The SMILES string of the molecule is CC1(CNCc2ccccc2)CCCN(C(=O)OC(C)(C)C)C1. The van der Waals surface area contributed by atoms with Crippen molar-refractivity contribution in [3.8, 4) is 0 Å². The van der Waals surface area contributed by atoms with Crippen LogP contribution in [0.3, 0.4) is 0 Å². The van der Waals surface area contributed by atoms with Crippen LogP contribution >= 0.6 is 0 Å². The number of rotatable bonds is 4. The Bertz CT molecular complexity index is 510. The summed E-state index contributed by atoms with van der Waals surface area (Å²) in [5.41, 5.74) is 0.955. The molecule has 1 saturated heterocycles. The Morgan fingerprint density at radius 2 is 2.00 bits per heavy atom. The number of amides is 1. The summed E-state index contributed by atoms with van der Waals surface area (Å²) in [4.78, 5) is 14.1. The topological polar surface area (TPSA) is 41.6 Å². The molecule has 1 heterocycles. The van der Waals surface area contributed by atoms with Crippen molar-refractivity contribution in [2.75, 3.05) is 19.6 Å². The molecule has 1 aromatic rings. The average Bonchev–Trinajstić information content (AvgIpc) is 2.46. The molecule has 1 fully saturated rings. The number of piperidine rings is 1. The molecule has 0 saturated carbocycles. The maximum absolute atomic E-state index is 12.3. The first kappa shape index (κ1) is 17.8. The van der Waals surface area contributed by atoms with Crippen LogP contribution < -0.4 is 5.32 Å². The van der Waals surface area contributed by atoms with Gasteiger partial charge in [-0.2, -0.15) is 0 Å². The molecule has 1 atom stereocenters. The molecule has 1 aliphatic heterocycles. The lowest BCUT2D eigenvalue weighted by atomic mass is 9.82. The number of hydrogen-bond acceptors (Lipinski definition) is 3. The molecule has 2 rings (SSSR count). The molecule has 1 unspecified atom stereocenters. The van der Waals surface area contributed by atoms with Crippen LogP contribution in [0.25, 0.3) is 0 Å². The van der Waals surface area contributed by atoms with Crippen molar-refractivity contribution in [3.63, 3.8) is 0 Å². The zero-order chi connectivity index (χ0) is 16.9. The minimum Gasteiger partial charge on any atom is -0.444 e. The van der Waals surface area contributed by atoms with E-state index in [0.717, 1.165) is 39.0 Å². The molecule has 0 aromatic heterocycles. The van der Waals surface area contributed by atoms with Crippen molar-refractivity contribution in [1.82, 2.24) is 10.2 Å². The number of ether oxygens (including phenoxy) is 1. The van der Waals surface area contributed by atoms with Crippen LogP contribution in [0, 0.1) is 5.41 Å². The normalized spacial score (nSPS) is 22.0. The molecule has 1 aromatic carbocycles. The van der Waals surface area contributed by atoms with E-state index in [9.17, 15) is 4.79 Å². The lowest BCUT2D eigenvalue weighted by Gasteiger charge is -2.41. The Kier molecular flexibility index (Phi) is 5.69. The van der Waals surface area contributed by atoms with Crippen LogP contribution in [0.1, 0.15) is 46.1 Å². The van der Waals surface area contributed by atoms with Gasteiger partial charge in [0, 0.05) is 26.2 Å². The summed E-state index contributed by atoms with van der Waals surface area (Å²) in [7, 11) is 0. The van der Waals surface area contributed by atoms with Crippen molar-refractivity contribution in [2.24, 2.45) is 5.41 Å². The molecule has 1 amide bonds. The quantitative estimate of drug-likeness (QED) is 0.918. The maximum Gasteiger partial charge on any atom is 0.410 e. The summed E-state index contributed by atoms with van der Waals surface area (Å²) in [5.74, 6) is 0. The molecule has 4 heteroatoms.